The lowest BCUT2D eigenvalue weighted by molar-refractivity contribution is -0.116. The molecule has 0 saturated heterocycles. The maximum atomic E-state index is 12.3. The van der Waals surface area contributed by atoms with Crippen molar-refractivity contribution in [2.45, 2.75) is 13.0 Å². The van der Waals surface area contributed by atoms with E-state index in [1.54, 1.807) is 16.2 Å². The van der Waals surface area contributed by atoms with Crippen LogP contribution < -0.4 is 11.0 Å². The van der Waals surface area contributed by atoms with Crippen molar-refractivity contribution in [3.05, 3.63) is 63.5 Å². The minimum Gasteiger partial charge on any atom is -0.326 e. The van der Waals surface area contributed by atoms with Gasteiger partial charge in [0.1, 0.15) is 0 Å². The summed E-state index contributed by atoms with van der Waals surface area (Å²) in [6.07, 6.45) is 0.240. The summed E-state index contributed by atoms with van der Waals surface area (Å²) < 4.78 is 4.19. The van der Waals surface area contributed by atoms with E-state index in [4.69, 9.17) is 0 Å². The summed E-state index contributed by atoms with van der Waals surface area (Å²) >= 11 is 3.35. The zero-order chi connectivity index (χ0) is 16.4. The summed E-state index contributed by atoms with van der Waals surface area (Å²) in [5, 5.41) is 2.83. The molecule has 0 unspecified atom stereocenters. The number of fused-ring (bicyclic) bond motifs is 1. The van der Waals surface area contributed by atoms with E-state index in [2.05, 4.69) is 21.2 Å². The van der Waals surface area contributed by atoms with Gasteiger partial charge in [-0.1, -0.05) is 28.1 Å². The minimum absolute atomic E-state index is 0.109. The van der Waals surface area contributed by atoms with E-state index >= 15 is 0 Å². The van der Waals surface area contributed by atoms with Crippen molar-refractivity contribution in [3.8, 4) is 0 Å². The number of hydrogen-bond donors (Lipinski definition) is 1. The molecule has 6 heteroatoms. The number of benzene rings is 2. The fraction of sp³-hybridized carbons (Fsp3) is 0.176. The highest BCUT2D eigenvalue weighted by molar-refractivity contribution is 9.10. The summed E-state index contributed by atoms with van der Waals surface area (Å²) in [7, 11) is 1.74. The van der Waals surface area contributed by atoms with Crippen molar-refractivity contribution in [3.63, 3.8) is 0 Å². The van der Waals surface area contributed by atoms with E-state index in [0.717, 1.165) is 21.2 Å². The Morgan fingerprint density at radius 3 is 2.43 bits per heavy atom. The second-order valence-corrected chi connectivity index (χ2v) is 6.20. The average molecular weight is 374 g/mol. The molecule has 0 bridgehead atoms. The van der Waals surface area contributed by atoms with Gasteiger partial charge in [-0.25, -0.2) is 4.79 Å². The zero-order valence-electron chi connectivity index (χ0n) is 12.6. The molecule has 3 rings (SSSR count). The van der Waals surface area contributed by atoms with Crippen LogP contribution in [-0.4, -0.2) is 15.0 Å². The van der Waals surface area contributed by atoms with Crippen LogP contribution in [0, 0.1) is 0 Å². The number of rotatable bonds is 4. The van der Waals surface area contributed by atoms with E-state index in [1.165, 1.54) is 0 Å². The van der Waals surface area contributed by atoms with Gasteiger partial charge >= 0.3 is 5.69 Å². The number of amides is 1. The van der Waals surface area contributed by atoms with Gasteiger partial charge in [-0.3, -0.25) is 13.9 Å². The monoisotopic (exact) mass is 373 g/mol. The average Bonchev–Trinajstić information content (AvgIpc) is 2.80. The minimum atomic E-state index is -0.118. The van der Waals surface area contributed by atoms with Gasteiger partial charge in [0.15, 0.2) is 0 Å². The molecule has 0 spiro atoms. The Balaban J connectivity index is 1.73. The number of hydrogen-bond acceptors (Lipinski definition) is 2. The molecular formula is C17H16BrN3O2. The molecular weight excluding hydrogens is 358 g/mol. The molecule has 1 amide bonds. The molecule has 0 radical (unpaired) electrons. The summed E-state index contributed by atoms with van der Waals surface area (Å²) in [5.74, 6) is -0.118. The number of halogens is 1. The Labute approximate surface area is 141 Å². The summed E-state index contributed by atoms with van der Waals surface area (Å²) in [6, 6.07) is 15.0. The maximum absolute atomic E-state index is 12.3. The van der Waals surface area contributed by atoms with Gasteiger partial charge in [0.2, 0.25) is 5.91 Å². The van der Waals surface area contributed by atoms with E-state index in [1.807, 2.05) is 48.5 Å². The normalized spacial score (nSPS) is 10.9. The maximum Gasteiger partial charge on any atom is 0.328 e. The molecule has 3 aromatic rings. The van der Waals surface area contributed by atoms with E-state index in [0.29, 0.717) is 6.54 Å². The van der Waals surface area contributed by atoms with Crippen molar-refractivity contribution in [2.75, 3.05) is 5.32 Å². The Morgan fingerprint density at radius 1 is 1.09 bits per heavy atom. The molecule has 0 aliphatic heterocycles. The molecule has 2 aromatic carbocycles. The molecule has 1 heterocycles. The molecule has 0 fully saturated rings. The zero-order valence-corrected chi connectivity index (χ0v) is 14.2. The first-order chi connectivity index (χ1) is 11.1. The van der Waals surface area contributed by atoms with Crippen LogP contribution in [0.2, 0.25) is 0 Å². The van der Waals surface area contributed by atoms with Gasteiger partial charge in [0.25, 0.3) is 0 Å². The third-order valence-electron chi connectivity index (χ3n) is 3.74. The predicted octanol–water partition coefficient (Wildman–Crippen LogP) is 3.13. The SMILES string of the molecule is Cn1c(=O)n(CCC(=O)Nc2ccc(Br)cc2)c2ccccc21. The molecule has 0 aliphatic rings. The highest BCUT2D eigenvalue weighted by Crippen LogP contribution is 2.15. The Bertz CT molecular complexity index is 910. The van der Waals surface area contributed by atoms with Crippen molar-refractivity contribution in [1.82, 2.24) is 9.13 Å². The van der Waals surface area contributed by atoms with E-state index in [-0.39, 0.29) is 18.0 Å². The third-order valence-corrected chi connectivity index (χ3v) is 4.27. The highest BCUT2D eigenvalue weighted by atomic mass is 79.9. The standard InChI is InChI=1S/C17H16BrN3O2/c1-20-14-4-2-3-5-15(14)21(17(20)23)11-10-16(22)19-13-8-6-12(18)7-9-13/h2-9H,10-11H2,1H3,(H,19,22). The number of para-hydroxylation sites is 2. The lowest BCUT2D eigenvalue weighted by Crippen LogP contribution is -2.24. The number of aromatic nitrogens is 2. The lowest BCUT2D eigenvalue weighted by atomic mass is 10.3. The number of carbonyl (C=O) groups is 1. The fourth-order valence-electron chi connectivity index (χ4n) is 2.55. The van der Waals surface area contributed by atoms with Gasteiger partial charge in [-0.15, -0.1) is 0 Å². The molecule has 1 aromatic heterocycles. The Kier molecular flexibility index (Phi) is 4.34. The second kappa shape index (κ2) is 6.42. The van der Waals surface area contributed by atoms with Crippen LogP contribution in [0.4, 0.5) is 5.69 Å². The molecule has 1 N–H and O–H groups in total. The highest BCUT2D eigenvalue weighted by Gasteiger charge is 2.11. The van der Waals surface area contributed by atoms with E-state index < -0.39 is 0 Å². The smallest absolute Gasteiger partial charge is 0.326 e. The van der Waals surface area contributed by atoms with Crippen molar-refractivity contribution in [2.24, 2.45) is 7.05 Å². The topological polar surface area (TPSA) is 56.0 Å². The van der Waals surface area contributed by atoms with Crippen molar-refractivity contribution < 1.29 is 4.79 Å². The summed E-state index contributed by atoms with van der Waals surface area (Å²) in [5.41, 5.74) is 2.34. The van der Waals surface area contributed by atoms with Gasteiger partial charge in [-0.2, -0.15) is 0 Å². The van der Waals surface area contributed by atoms with Crippen molar-refractivity contribution in [1.29, 1.82) is 0 Å². The molecule has 118 valence electrons. The van der Waals surface area contributed by atoms with Crippen LogP contribution in [0.1, 0.15) is 6.42 Å². The first-order valence-corrected chi connectivity index (χ1v) is 8.05. The molecule has 0 saturated carbocycles. The fourth-order valence-corrected chi connectivity index (χ4v) is 2.81. The van der Waals surface area contributed by atoms with Gasteiger partial charge in [0, 0.05) is 30.2 Å². The van der Waals surface area contributed by atoms with Crippen LogP contribution in [0.25, 0.3) is 11.0 Å². The first-order valence-electron chi connectivity index (χ1n) is 7.26. The second-order valence-electron chi connectivity index (χ2n) is 5.29. The van der Waals surface area contributed by atoms with Crippen LogP contribution in [0.15, 0.2) is 57.8 Å². The predicted molar refractivity (Wildman–Crippen MR) is 94.6 cm³/mol. The summed E-state index contributed by atoms with van der Waals surface area (Å²) in [6.45, 7) is 0.350. The Morgan fingerprint density at radius 2 is 1.74 bits per heavy atom. The van der Waals surface area contributed by atoms with Crippen LogP contribution in [0.3, 0.4) is 0 Å². The Hall–Kier alpha value is -2.34. The number of aryl methyl sites for hydroxylation is 2. The van der Waals surface area contributed by atoms with Gasteiger partial charge < -0.3 is 5.32 Å². The first kappa shape index (κ1) is 15.6. The van der Waals surface area contributed by atoms with Crippen molar-refractivity contribution >= 4 is 38.6 Å². The number of nitrogens with one attached hydrogen (secondary N) is 1. The molecule has 0 atom stereocenters. The molecule has 0 aliphatic carbocycles. The van der Waals surface area contributed by atoms with Crippen LogP contribution >= 0.6 is 15.9 Å². The lowest BCUT2D eigenvalue weighted by Gasteiger charge is -2.06. The third kappa shape index (κ3) is 3.22. The molecule has 23 heavy (non-hydrogen) atoms. The number of carbonyl (C=O) groups excluding carboxylic acids is 1. The largest absolute Gasteiger partial charge is 0.328 e. The van der Waals surface area contributed by atoms with Gasteiger partial charge in [0.05, 0.1) is 11.0 Å². The number of anilines is 1. The molecule has 5 nitrogen and oxygen atoms in total. The quantitative estimate of drug-likeness (QED) is 0.763. The summed E-state index contributed by atoms with van der Waals surface area (Å²) in [4.78, 5) is 24.4. The van der Waals surface area contributed by atoms with E-state index in [9.17, 15) is 9.59 Å². The number of imidazole rings is 1. The van der Waals surface area contributed by atoms with Gasteiger partial charge in [-0.05, 0) is 36.4 Å². The van der Waals surface area contributed by atoms with Crippen LogP contribution in [-0.2, 0) is 18.4 Å². The van der Waals surface area contributed by atoms with Crippen LogP contribution in [0.5, 0.6) is 0 Å². The number of nitrogens with zero attached hydrogens (tertiary/aromatic N) is 2.